The van der Waals surface area contributed by atoms with Gasteiger partial charge in [-0.25, -0.2) is 0 Å². The van der Waals surface area contributed by atoms with Crippen molar-refractivity contribution in [1.29, 1.82) is 0 Å². The van der Waals surface area contributed by atoms with Gasteiger partial charge < -0.3 is 20.9 Å². The molecule has 0 saturated carbocycles. The second-order valence-electron chi connectivity index (χ2n) is 8.63. The molecular weight excluding hydrogens is 320 g/mol. The number of nitrogens with two attached hydrogens (primary N) is 2. The molecule has 148 valence electrons. The van der Waals surface area contributed by atoms with E-state index in [-0.39, 0.29) is 11.9 Å². The zero-order chi connectivity index (χ0) is 19.7. The zero-order valence-corrected chi connectivity index (χ0v) is 16.9. The van der Waals surface area contributed by atoms with Gasteiger partial charge in [-0.05, 0) is 54.4 Å². The summed E-state index contributed by atoms with van der Waals surface area (Å²) < 4.78 is 10.5. The van der Waals surface area contributed by atoms with E-state index in [4.69, 9.17) is 20.9 Å². The summed E-state index contributed by atoms with van der Waals surface area (Å²) in [6, 6.07) is -1.11. The van der Waals surface area contributed by atoms with Crippen LogP contribution in [0.5, 0.6) is 0 Å². The van der Waals surface area contributed by atoms with Crippen molar-refractivity contribution in [3.63, 3.8) is 0 Å². The summed E-state index contributed by atoms with van der Waals surface area (Å²) in [5.41, 5.74) is 10.7. The van der Waals surface area contributed by atoms with Gasteiger partial charge in [-0.2, -0.15) is 0 Å². The highest BCUT2D eigenvalue weighted by Crippen LogP contribution is 2.14. The van der Waals surface area contributed by atoms with Crippen LogP contribution in [0.2, 0.25) is 0 Å². The molecule has 0 aromatic carbocycles. The molecule has 6 heteroatoms. The number of hydrogen-bond acceptors (Lipinski definition) is 6. The van der Waals surface area contributed by atoms with Crippen LogP contribution in [-0.2, 0) is 19.1 Å². The van der Waals surface area contributed by atoms with Gasteiger partial charge in [0.05, 0.1) is 0 Å². The largest absolute Gasteiger partial charge is 0.459 e. The molecule has 0 aliphatic heterocycles. The summed E-state index contributed by atoms with van der Waals surface area (Å²) in [6.07, 6.45) is 6.06. The Hall–Kier alpha value is -1.14. The third kappa shape index (κ3) is 13.8. The topological polar surface area (TPSA) is 105 Å². The summed E-state index contributed by atoms with van der Waals surface area (Å²) >= 11 is 0. The Morgan fingerprint density at radius 1 is 0.680 bits per heavy atom. The lowest BCUT2D eigenvalue weighted by Gasteiger charge is -2.22. The molecule has 0 aromatic heterocycles. The molecule has 0 fully saturated rings. The molecule has 0 rings (SSSR count). The average Bonchev–Trinajstić information content (AvgIpc) is 2.41. The van der Waals surface area contributed by atoms with Crippen molar-refractivity contribution in [3.8, 4) is 0 Å². The Morgan fingerprint density at radius 2 is 0.960 bits per heavy atom. The molecule has 2 atom stereocenters. The number of esters is 2. The second-order valence-corrected chi connectivity index (χ2v) is 8.63. The Labute approximate surface area is 153 Å². The Balaban J connectivity index is 3.73. The predicted molar refractivity (Wildman–Crippen MR) is 100.0 cm³/mol. The van der Waals surface area contributed by atoms with Gasteiger partial charge >= 0.3 is 11.9 Å². The molecule has 0 aliphatic carbocycles. The average molecular weight is 359 g/mol. The lowest BCUT2D eigenvalue weighted by Crippen LogP contribution is -2.37. The standard InChI is InChI=1S/C19H38N2O4/c1-18(2,3)24-16(22)14(20)12-10-8-7-9-11-13-15(21)17(23)25-19(4,5)6/h14-15H,7-13,20-21H2,1-6H3. The van der Waals surface area contributed by atoms with E-state index in [1.54, 1.807) is 0 Å². The van der Waals surface area contributed by atoms with Crippen molar-refractivity contribution in [2.24, 2.45) is 11.5 Å². The molecule has 4 N–H and O–H groups in total. The number of carbonyl (C=O) groups is 2. The smallest absolute Gasteiger partial charge is 0.323 e. The van der Waals surface area contributed by atoms with Crippen LogP contribution in [0.15, 0.2) is 0 Å². The lowest BCUT2D eigenvalue weighted by molar-refractivity contribution is -0.157. The number of ether oxygens (including phenoxy) is 2. The minimum atomic E-state index is -0.556. The van der Waals surface area contributed by atoms with E-state index in [0.29, 0.717) is 12.8 Å². The van der Waals surface area contributed by atoms with Crippen LogP contribution in [0.1, 0.15) is 86.5 Å². The minimum absolute atomic E-state index is 0.337. The first-order valence-corrected chi connectivity index (χ1v) is 9.29. The van der Waals surface area contributed by atoms with Gasteiger partial charge in [0.15, 0.2) is 0 Å². The van der Waals surface area contributed by atoms with Crippen LogP contribution in [-0.4, -0.2) is 35.2 Å². The fraction of sp³-hybridized carbons (Fsp3) is 0.895. The molecule has 0 amide bonds. The summed E-state index contributed by atoms with van der Waals surface area (Å²) in [5, 5.41) is 0. The molecule has 25 heavy (non-hydrogen) atoms. The molecule has 0 heterocycles. The van der Waals surface area contributed by atoms with E-state index in [0.717, 1.165) is 32.1 Å². The van der Waals surface area contributed by atoms with Crippen LogP contribution >= 0.6 is 0 Å². The van der Waals surface area contributed by atoms with Crippen molar-refractivity contribution in [2.75, 3.05) is 0 Å². The summed E-state index contributed by atoms with van der Waals surface area (Å²) in [5.74, 6) is -0.674. The van der Waals surface area contributed by atoms with Crippen molar-refractivity contribution < 1.29 is 19.1 Å². The Morgan fingerprint density at radius 3 is 1.24 bits per heavy atom. The molecule has 2 unspecified atom stereocenters. The molecular formula is C19H38N2O4. The van der Waals surface area contributed by atoms with E-state index in [1.807, 2.05) is 41.5 Å². The second kappa shape index (κ2) is 10.8. The maximum atomic E-state index is 11.8. The number of carbonyl (C=O) groups excluding carboxylic acids is 2. The van der Waals surface area contributed by atoms with Crippen LogP contribution in [0, 0.1) is 0 Å². The first-order valence-electron chi connectivity index (χ1n) is 9.29. The van der Waals surface area contributed by atoms with Gasteiger partial charge in [0, 0.05) is 0 Å². The highest BCUT2D eigenvalue weighted by molar-refractivity contribution is 5.76. The number of hydrogen-bond donors (Lipinski definition) is 2. The Kier molecular flexibility index (Phi) is 10.3. The third-order valence-electron chi connectivity index (χ3n) is 3.45. The molecule has 0 bridgehead atoms. The van der Waals surface area contributed by atoms with Gasteiger partial charge in [0.1, 0.15) is 23.3 Å². The zero-order valence-electron chi connectivity index (χ0n) is 16.9. The van der Waals surface area contributed by atoms with Gasteiger partial charge in [-0.3, -0.25) is 9.59 Å². The fourth-order valence-electron chi connectivity index (χ4n) is 2.25. The minimum Gasteiger partial charge on any atom is -0.459 e. The summed E-state index contributed by atoms with van der Waals surface area (Å²) in [4.78, 5) is 23.5. The molecule has 0 aromatic rings. The van der Waals surface area contributed by atoms with Crippen molar-refractivity contribution in [3.05, 3.63) is 0 Å². The first kappa shape index (κ1) is 23.9. The fourth-order valence-corrected chi connectivity index (χ4v) is 2.25. The maximum absolute atomic E-state index is 11.8. The number of unbranched alkanes of at least 4 members (excludes halogenated alkanes) is 4. The van der Waals surface area contributed by atoms with Gasteiger partial charge in [-0.1, -0.05) is 32.1 Å². The van der Waals surface area contributed by atoms with E-state index >= 15 is 0 Å². The molecule has 0 radical (unpaired) electrons. The van der Waals surface area contributed by atoms with Crippen molar-refractivity contribution >= 4 is 11.9 Å². The summed E-state index contributed by atoms with van der Waals surface area (Å²) in [7, 11) is 0. The van der Waals surface area contributed by atoms with Crippen LogP contribution < -0.4 is 11.5 Å². The van der Waals surface area contributed by atoms with Crippen LogP contribution in [0.25, 0.3) is 0 Å². The monoisotopic (exact) mass is 358 g/mol. The van der Waals surface area contributed by atoms with Gasteiger partial charge in [-0.15, -0.1) is 0 Å². The Bertz CT molecular complexity index is 373. The maximum Gasteiger partial charge on any atom is 0.323 e. The van der Waals surface area contributed by atoms with Crippen molar-refractivity contribution in [2.45, 2.75) is 110 Å². The molecule has 6 nitrogen and oxygen atoms in total. The predicted octanol–water partition coefficient (Wildman–Crippen LogP) is 3.06. The van der Waals surface area contributed by atoms with Crippen LogP contribution in [0.4, 0.5) is 0 Å². The van der Waals surface area contributed by atoms with Gasteiger partial charge in [0.2, 0.25) is 0 Å². The first-order chi connectivity index (χ1) is 11.3. The molecule has 0 aliphatic rings. The SMILES string of the molecule is CC(C)(C)OC(=O)C(N)CCCCCCCC(N)C(=O)OC(C)(C)C. The third-order valence-corrected chi connectivity index (χ3v) is 3.45. The lowest BCUT2D eigenvalue weighted by atomic mass is 10.0. The van der Waals surface area contributed by atoms with Gasteiger partial charge in [0.25, 0.3) is 0 Å². The molecule has 0 saturated heterocycles. The van der Waals surface area contributed by atoms with E-state index < -0.39 is 23.3 Å². The van der Waals surface area contributed by atoms with E-state index in [1.165, 1.54) is 0 Å². The van der Waals surface area contributed by atoms with E-state index in [2.05, 4.69) is 0 Å². The van der Waals surface area contributed by atoms with Crippen molar-refractivity contribution in [1.82, 2.24) is 0 Å². The quantitative estimate of drug-likeness (QED) is 0.459. The molecule has 0 spiro atoms. The highest BCUT2D eigenvalue weighted by atomic mass is 16.6. The number of rotatable bonds is 10. The highest BCUT2D eigenvalue weighted by Gasteiger charge is 2.22. The summed E-state index contributed by atoms with van der Waals surface area (Å²) in [6.45, 7) is 11.0. The normalized spacial score (nSPS) is 14.7. The van der Waals surface area contributed by atoms with Crippen LogP contribution in [0.3, 0.4) is 0 Å². The van der Waals surface area contributed by atoms with E-state index in [9.17, 15) is 9.59 Å².